The Labute approximate surface area is 172 Å². The van der Waals surface area contributed by atoms with Gasteiger partial charge in [-0.15, -0.1) is 0 Å². The van der Waals surface area contributed by atoms with Gasteiger partial charge in [-0.2, -0.15) is 0 Å². The number of carbonyl (C=O) groups is 3. The van der Waals surface area contributed by atoms with Crippen molar-refractivity contribution in [2.45, 2.75) is 51.5 Å². The van der Waals surface area contributed by atoms with Gasteiger partial charge < -0.3 is 15.1 Å². The first-order chi connectivity index (χ1) is 14.0. The summed E-state index contributed by atoms with van der Waals surface area (Å²) in [6.07, 6.45) is 5.43. The van der Waals surface area contributed by atoms with Gasteiger partial charge in [0.15, 0.2) is 0 Å². The molecule has 0 aromatic heterocycles. The van der Waals surface area contributed by atoms with Crippen molar-refractivity contribution < 1.29 is 14.4 Å². The summed E-state index contributed by atoms with van der Waals surface area (Å²) in [5.74, 6) is 0.338. The molecule has 2 aliphatic heterocycles. The minimum atomic E-state index is -0.447. The Morgan fingerprint density at radius 3 is 2.21 bits per heavy atom. The molecule has 0 spiro atoms. The summed E-state index contributed by atoms with van der Waals surface area (Å²) in [5.41, 5.74) is 1.73. The largest absolute Gasteiger partial charge is 0.344 e. The zero-order chi connectivity index (χ0) is 20.4. The summed E-state index contributed by atoms with van der Waals surface area (Å²) in [7, 11) is 0. The monoisotopic (exact) mass is 397 g/mol. The Kier molecular flexibility index (Phi) is 5.88. The lowest BCUT2D eigenvalue weighted by atomic mass is 9.88. The molecule has 3 amide bonds. The number of aryl methyl sites for hydroxylation is 1. The maximum atomic E-state index is 13.1. The number of hydrogen-bond acceptors (Lipinski definition) is 3. The van der Waals surface area contributed by atoms with E-state index in [1.807, 2.05) is 41.0 Å². The SMILES string of the molecule is Cc1ccccc1C(=O)N1CCC(C(NC(=O)C2CC2)C(=O)N2CCCC2)CC1. The van der Waals surface area contributed by atoms with Crippen LogP contribution in [0.1, 0.15) is 54.4 Å². The third kappa shape index (κ3) is 4.46. The third-order valence-electron chi connectivity index (χ3n) is 6.60. The van der Waals surface area contributed by atoms with Crippen LogP contribution in [0.3, 0.4) is 0 Å². The minimum absolute atomic E-state index is 0.0287. The molecular formula is C23H31N3O3. The number of nitrogens with one attached hydrogen (secondary N) is 1. The summed E-state index contributed by atoms with van der Waals surface area (Å²) < 4.78 is 0. The van der Waals surface area contributed by atoms with Gasteiger partial charge in [-0.3, -0.25) is 14.4 Å². The van der Waals surface area contributed by atoms with Crippen LogP contribution >= 0.6 is 0 Å². The molecule has 1 N–H and O–H groups in total. The zero-order valence-corrected chi connectivity index (χ0v) is 17.2. The van der Waals surface area contributed by atoms with Gasteiger partial charge in [0, 0.05) is 37.7 Å². The van der Waals surface area contributed by atoms with Crippen LogP contribution in [0.4, 0.5) is 0 Å². The van der Waals surface area contributed by atoms with E-state index in [-0.39, 0.29) is 29.6 Å². The molecule has 1 atom stereocenters. The van der Waals surface area contributed by atoms with Crippen molar-refractivity contribution in [3.63, 3.8) is 0 Å². The highest BCUT2D eigenvalue weighted by Crippen LogP contribution is 2.31. The number of rotatable bonds is 5. The molecule has 1 unspecified atom stereocenters. The number of carbonyl (C=O) groups excluding carboxylic acids is 3. The van der Waals surface area contributed by atoms with E-state index in [4.69, 9.17) is 0 Å². The van der Waals surface area contributed by atoms with Crippen LogP contribution < -0.4 is 5.32 Å². The molecule has 1 aromatic rings. The molecule has 2 saturated heterocycles. The Balaban J connectivity index is 1.41. The molecule has 0 radical (unpaired) electrons. The maximum absolute atomic E-state index is 13.1. The van der Waals surface area contributed by atoms with Crippen molar-refractivity contribution in [2.75, 3.05) is 26.2 Å². The molecule has 3 fully saturated rings. The lowest BCUT2D eigenvalue weighted by molar-refractivity contribution is -0.138. The van der Waals surface area contributed by atoms with Gasteiger partial charge in [0.2, 0.25) is 11.8 Å². The Bertz CT molecular complexity index is 775. The summed E-state index contributed by atoms with van der Waals surface area (Å²) in [5, 5.41) is 3.08. The van der Waals surface area contributed by atoms with Gasteiger partial charge in [0.05, 0.1) is 0 Å². The quantitative estimate of drug-likeness (QED) is 0.829. The molecule has 1 aliphatic carbocycles. The lowest BCUT2D eigenvalue weighted by Crippen LogP contribution is -2.54. The second-order valence-corrected chi connectivity index (χ2v) is 8.74. The maximum Gasteiger partial charge on any atom is 0.254 e. The van der Waals surface area contributed by atoms with Crippen LogP contribution in [0.5, 0.6) is 0 Å². The van der Waals surface area contributed by atoms with E-state index in [1.54, 1.807) is 0 Å². The highest BCUT2D eigenvalue weighted by molar-refractivity contribution is 5.95. The van der Waals surface area contributed by atoms with Gasteiger partial charge in [-0.05, 0) is 63.0 Å². The predicted octanol–water partition coefficient (Wildman–Crippen LogP) is 2.36. The summed E-state index contributed by atoms with van der Waals surface area (Å²) in [6, 6.07) is 7.22. The van der Waals surface area contributed by atoms with Crippen molar-refractivity contribution in [2.24, 2.45) is 11.8 Å². The second-order valence-electron chi connectivity index (χ2n) is 8.74. The van der Waals surface area contributed by atoms with Crippen molar-refractivity contribution in [3.05, 3.63) is 35.4 Å². The normalized spacial score (nSPS) is 21.1. The van der Waals surface area contributed by atoms with E-state index in [0.717, 1.165) is 62.7 Å². The van der Waals surface area contributed by atoms with Crippen LogP contribution in [-0.2, 0) is 9.59 Å². The number of amides is 3. The molecule has 1 saturated carbocycles. The molecule has 0 bridgehead atoms. The number of hydrogen-bond donors (Lipinski definition) is 1. The fraction of sp³-hybridized carbons (Fsp3) is 0.609. The van der Waals surface area contributed by atoms with Crippen LogP contribution in [0, 0.1) is 18.8 Å². The third-order valence-corrected chi connectivity index (χ3v) is 6.60. The van der Waals surface area contributed by atoms with Crippen molar-refractivity contribution in [1.29, 1.82) is 0 Å². The molecular weight excluding hydrogens is 366 g/mol. The first kappa shape index (κ1) is 19.9. The van der Waals surface area contributed by atoms with Crippen LogP contribution in [0.2, 0.25) is 0 Å². The van der Waals surface area contributed by atoms with Crippen LogP contribution in [0.25, 0.3) is 0 Å². The van der Waals surface area contributed by atoms with Crippen molar-refractivity contribution in [1.82, 2.24) is 15.1 Å². The second kappa shape index (κ2) is 8.56. The number of likely N-dealkylation sites (tertiary alicyclic amines) is 2. The van der Waals surface area contributed by atoms with E-state index < -0.39 is 6.04 Å². The van der Waals surface area contributed by atoms with Gasteiger partial charge in [-0.1, -0.05) is 18.2 Å². The number of nitrogens with zero attached hydrogens (tertiary/aromatic N) is 2. The fourth-order valence-electron chi connectivity index (χ4n) is 4.55. The first-order valence-corrected chi connectivity index (χ1v) is 11.0. The van der Waals surface area contributed by atoms with E-state index >= 15 is 0 Å². The van der Waals surface area contributed by atoms with E-state index in [1.165, 1.54) is 0 Å². The first-order valence-electron chi connectivity index (χ1n) is 11.0. The highest BCUT2D eigenvalue weighted by atomic mass is 16.2. The van der Waals surface area contributed by atoms with Gasteiger partial charge >= 0.3 is 0 Å². The molecule has 4 rings (SSSR count). The lowest BCUT2D eigenvalue weighted by Gasteiger charge is -2.37. The average Bonchev–Trinajstić information content (AvgIpc) is 3.46. The molecule has 3 aliphatic rings. The summed E-state index contributed by atoms with van der Waals surface area (Å²) in [4.78, 5) is 42.3. The number of benzene rings is 1. The minimum Gasteiger partial charge on any atom is -0.344 e. The van der Waals surface area contributed by atoms with Crippen molar-refractivity contribution in [3.8, 4) is 0 Å². The highest BCUT2D eigenvalue weighted by Gasteiger charge is 2.39. The van der Waals surface area contributed by atoms with Gasteiger partial charge in [0.25, 0.3) is 5.91 Å². The van der Waals surface area contributed by atoms with Crippen molar-refractivity contribution >= 4 is 17.7 Å². The smallest absolute Gasteiger partial charge is 0.254 e. The Hall–Kier alpha value is -2.37. The standard InChI is InChI=1S/C23H31N3O3/c1-16-6-2-3-7-19(16)22(28)26-14-10-17(11-15-26)20(24-21(27)18-8-9-18)23(29)25-12-4-5-13-25/h2-3,6-7,17-18,20H,4-5,8-15H2,1H3,(H,24,27). The van der Waals surface area contributed by atoms with Crippen LogP contribution in [0.15, 0.2) is 24.3 Å². The molecule has 2 heterocycles. The molecule has 6 nitrogen and oxygen atoms in total. The summed E-state index contributed by atoms with van der Waals surface area (Å²) >= 11 is 0. The molecule has 6 heteroatoms. The van der Waals surface area contributed by atoms with E-state index in [9.17, 15) is 14.4 Å². The van der Waals surface area contributed by atoms with Gasteiger partial charge in [0.1, 0.15) is 6.04 Å². The average molecular weight is 398 g/mol. The van der Waals surface area contributed by atoms with Crippen LogP contribution in [-0.4, -0.2) is 59.7 Å². The Morgan fingerprint density at radius 2 is 1.59 bits per heavy atom. The number of piperidine rings is 1. The molecule has 156 valence electrons. The molecule has 29 heavy (non-hydrogen) atoms. The van der Waals surface area contributed by atoms with E-state index in [2.05, 4.69) is 5.32 Å². The zero-order valence-electron chi connectivity index (χ0n) is 17.2. The topological polar surface area (TPSA) is 69.7 Å². The van der Waals surface area contributed by atoms with E-state index in [0.29, 0.717) is 13.1 Å². The molecule has 1 aromatic carbocycles. The fourth-order valence-corrected chi connectivity index (χ4v) is 4.55. The predicted molar refractivity (Wildman–Crippen MR) is 110 cm³/mol. The van der Waals surface area contributed by atoms with Gasteiger partial charge in [-0.25, -0.2) is 0 Å². The Morgan fingerprint density at radius 1 is 0.931 bits per heavy atom. The summed E-state index contributed by atoms with van der Waals surface area (Å²) in [6.45, 7) is 4.79.